The lowest BCUT2D eigenvalue weighted by atomic mass is 10.2. The van der Waals surface area contributed by atoms with Crippen LogP contribution in [0, 0.1) is 0 Å². The van der Waals surface area contributed by atoms with Gasteiger partial charge >= 0.3 is 0 Å². The van der Waals surface area contributed by atoms with Gasteiger partial charge in [-0.15, -0.1) is 0 Å². The van der Waals surface area contributed by atoms with Crippen LogP contribution in [-0.2, 0) is 13.6 Å². The van der Waals surface area contributed by atoms with Crippen LogP contribution in [0.5, 0.6) is 0 Å². The summed E-state index contributed by atoms with van der Waals surface area (Å²) in [7, 11) is 2.02. The second-order valence-electron chi connectivity index (χ2n) is 3.98. The number of aromatic nitrogens is 4. The zero-order valence-corrected chi connectivity index (χ0v) is 9.51. The van der Waals surface area contributed by atoms with Crippen molar-refractivity contribution < 1.29 is 0 Å². The SMILES string of the molecule is Cn1cc(-c2n[nH]c(CN)n2)c2ccccc21. The molecule has 0 unspecified atom stereocenters. The van der Waals surface area contributed by atoms with Crippen molar-refractivity contribution in [2.24, 2.45) is 12.8 Å². The van der Waals surface area contributed by atoms with Crippen LogP contribution in [0.25, 0.3) is 22.3 Å². The molecule has 0 radical (unpaired) electrons. The molecule has 5 heteroatoms. The van der Waals surface area contributed by atoms with Crippen LogP contribution in [0.3, 0.4) is 0 Å². The van der Waals surface area contributed by atoms with Crippen molar-refractivity contribution >= 4 is 10.9 Å². The molecule has 3 rings (SSSR count). The first-order chi connectivity index (χ1) is 8.29. The summed E-state index contributed by atoms with van der Waals surface area (Å²) in [5.41, 5.74) is 7.72. The number of fused-ring (bicyclic) bond motifs is 1. The number of H-pyrrole nitrogens is 1. The minimum atomic E-state index is 0.373. The number of aromatic amines is 1. The summed E-state index contributed by atoms with van der Waals surface area (Å²) >= 11 is 0. The van der Waals surface area contributed by atoms with Gasteiger partial charge in [0.1, 0.15) is 5.82 Å². The van der Waals surface area contributed by atoms with E-state index in [0.717, 1.165) is 10.9 Å². The number of benzene rings is 1. The first kappa shape index (κ1) is 10.0. The van der Waals surface area contributed by atoms with Crippen LogP contribution in [0.15, 0.2) is 30.5 Å². The second kappa shape index (κ2) is 3.71. The lowest BCUT2D eigenvalue weighted by Gasteiger charge is -1.93. The van der Waals surface area contributed by atoms with E-state index in [4.69, 9.17) is 5.73 Å². The van der Waals surface area contributed by atoms with E-state index in [1.54, 1.807) is 0 Å². The number of hydrogen-bond donors (Lipinski definition) is 2. The van der Waals surface area contributed by atoms with E-state index in [1.165, 1.54) is 5.52 Å². The fourth-order valence-electron chi connectivity index (χ4n) is 2.03. The maximum atomic E-state index is 5.52. The number of nitrogens with one attached hydrogen (secondary N) is 1. The molecule has 5 nitrogen and oxygen atoms in total. The van der Waals surface area contributed by atoms with Gasteiger partial charge in [0.15, 0.2) is 5.82 Å². The molecule has 2 aromatic heterocycles. The molecule has 17 heavy (non-hydrogen) atoms. The Hall–Kier alpha value is -2.14. The molecule has 3 aromatic rings. The predicted octanol–water partition coefficient (Wildman–Crippen LogP) is 1.42. The van der Waals surface area contributed by atoms with Crippen molar-refractivity contribution in [2.75, 3.05) is 0 Å². The quantitative estimate of drug-likeness (QED) is 0.695. The zero-order valence-electron chi connectivity index (χ0n) is 9.51. The smallest absolute Gasteiger partial charge is 0.183 e. The van der Waals surface area contributed by atoms with E-state index in [1.807, 2.05) is 25.4 Å². The van der Waals surface area contributed by atoms with Crippen molar-refractivity contribution in [1.29, 1.82) is 0 Å². The topological polar surface area (TPSA) is 72.5 Å². The fourth-order valence-corrected chi connectivity index (χ4v) is 2.03. The van der Waals surface area contributed by atoms with E-state index in [-0.39, 0.29) is 0 Å². The third-order valence-electron chi connectivity index (χ3n) is 2.86. The Balaban J connectivity index is 2.23. The van der Waals surface area contributed by atoms with Crippen molar-refractivity contribution in [3.63, 3.8) is 0 Å². The highest BCUT2D eigenvalue weighted by Gasteiger charge is 2.11. The molecule has 0 saturated carbocycles. The van der Waals surface area contributed by atoms with Gasteiger partial charge in [0.2, 0.25) is 0 Å². The molecule has 3 N–H and O–H groups in total. The first-order valence-corrected chi connectivity index (χ1v) is 5.45. The Kier molecular flexibility index (Phi) is 2.19. The van der Waals surface area contributed by atoms with Gasteiger partial charge in [0.05, 0.1) is 6.54 Å². The van der Waals surface area contributed by atoms with Gasteiger partial charge < -0.3 is 10.3 Å². The molecule has 0 saturated heterocycles. The Morgan fingerprint density at radius 3 is 2.94 bits per heavy atom. The van der Waals surface area contributed by atoms with Crippen LogP contribution in [0.2, 0.25) is 0 Å². The summed E-state index contributed by atoms with van der Waals surface area (Å²) in [5.74, 6) is 1.40. The molecule has 1 aromatic carbocycles. The standard InChI is InChI=1S/C12H13N5/c1-17-7-9(8-4-2-3-5-10(8)17)12-14-11(6-13)15-16-12/h2-5,7H,6,13H2,1H3,(H,14,15,16). The third-order valence-corrected chi connectivity index (χ3v) is 2.86. The summed E-state index contributed by atoms with van der Waals surface area (Å²) in [6.07, 6.45) is 2.04. The maximum Gasteiger partial charge on any atom is 0.183 e. The van der Waals surface area contributed by atoms with Crippen molar-refractivity contribution in [2.45, 2.75) is 6.54 Å². The van der Waals surface area contributed by atoms with E-state index < -0.39 is 0 Å². The molecular weight excluding hydrogens is 214 g/mol. The number of rotatable bonds is 2. The number of nitrogens with zero attached hydrogens (tertiary/aromatic N) is 3. The van der Waals surface area contributed by atoms with Gasteiger partial charge in [0, 0.05) is 29.7 Å². The summed E-state index contributed by atoms with van der Waals surface area (Å²) in [6, 6.07) is 8.19. The summed E-state index contributed by atoms with van der Waals surface area (Å²) in [4.78, 5) is 4.36. The van der Waals surface area contributed by atoms with Crippen LogP contribution < -0.4 is 5.73 Å². The molecule has 0 bridgehead atoms. The molecule has 0 fully saturated rings. The van der Waals surface area contributed by atoms with Gasteiger partial charge in [0.25, 0.3) is 0 Å². The summed E-state index contributed by atoms with van der Waals surface area (Å²) in [5, 5.41) is 8.17. The second-order valence-corrected chi connectivity index (χ2v) is 3.98. The zero-order chi connectivity index (χ0) is 11.8. The molecule has 0 aliphatic rings. The van der Waals surface area contributed by atoms with Gasteiger partial charge in [-0.1, -0.05) is 18.2 Å². The van der Waals surface area contributed by atoms with Crippen LogP contribution in [0.4, 0.5) is 0 Å². The minimum Gasteiger partial charge on any atom is -0.350 e. The Bertz CT molecular complexity index is 664. The molecule has 86 valence electrons. The highest BCUT2D eigenvalue weighted by molar-refractivity contribution is 5.94. The minimum absolute atomic E-state index is 0.373. The molecule has 2 heterocycles. The fraction of sp³-hybridized carbons (Fsp3) is 0.167. The van der Waals surface area contributed by atoms with Gasteiger partial charge in [-0.3, -0.25) is 5.10 Å². The number of para-hydroxylation sites is 1. The number of hydrogen-bond acceptors (Lipinski definition) is 3. The summed E-state index contributed by atoms with van der Waals surface area (Å²) in [6.45, 7) is 0.373. The van der Waals surface area contributed by atoms with Crippen LogP contribution in [0.1, 0.15) is 5.82 Å². The average Bonchev–Trinajstić information content (AvgIpc) is 2.95. The molecular formula is C12H13N5. The largest absolute Gasteiger partial charge is 0.350 e. The van der Waals surface area contributed by atoms with Crippen molar-refractivity contribution in [3.8, 4) is 11.4 Å². The van der Waals surface area contributed by atoms with Crippen molar-refractivity contribution in [3.05, 3.63) is 36.3 Å². The molecule has 0 aliphatic carbocycles. The van der Waals surface area contributed by atoms with E-state index >= 15 is 0 Å². The molecule has 0 atom stereocenters. The van der Waals surface area contributed by atoms with E-state index in [9.17, 15) is 0 Å². The third kappa shape index (κ3) is 1.52. The van der Waals surface area contributed by atoms with Gasteiger partial charge in [-0.05, 0) is 6.07 Å². The predicted molar refractivity (Wildman–Crippen MR) is 66.2 cm³/mol. The normalized spacial score (nSPS) is 11.2. The van der Waals surface area contributed by atoms with E-state index in [2.05, 4.69) is 31.9 Å². The highest BCUT2D eigenvalue weighted by atomic mass is 15.2. The highest BCUT2D eigenvalue weighted by Crippen LogP contribution is 2.27. The van der Waals surface area contributed by atoms with E-state index in [0.29, 0.717) is 18.2 Å². The first-order valence-electron chi connectivity index (χ1n) is 5.45. The Labute approximate surface area is 98.3 Å². The monoisotopic (exact) mass is 227 g/mol. The lowest BCUT2D eigenvalue weighted by molar-refractivity contribution is 0.917. The van der Waals surface area contributed by atoms with Crippen LogP contribution in [-0.4, -0.2) is 19.7 Å². The summed E-state index contributed by atoms with van der Waals surface area (Å²) < 4.78 is 2.07. The van der Waals surface area contributed by atoms with Crippen LogP contribution >= 0.6 is 0 Å². The molecule has 0 spiro atoms. The lowest BCUT2D eigenvalue weighted by Crippen LogP contribution is -1.97. The Morgan fingerprint density at radius 1 is 1.35 bits per heavy atom. The average molecular weight is 227 g/mol. The maximum absolute atomic E-state index is 5.52. The molecule has 0 amide bonds. The number of aryl methyl sites for hydroxylation is 1. The van der Waals surface area contributed by atoms with Gasteiger partial charge in [-0.25, -0.2) is 4.98 Å². The van der Waals surface area contributed by atoms with Gasteiger partial charge in [-0.2, -0.15) is 5.10 Å². The Morgan fingerprint density at radius 2 is 2.18 bits per heavy atom. The molecule has 0 aliphatic heterocycles. The number of nitrogens with two attached hydrogens (primary N) is 1. The van der Waals surface area contributed by atoms with Crippen molar-refractivity contribution in [1.82, 2.24) is 19.7 Å².